The van der Waals surface area contributed by atoms with Crippen molar-refractivity contribution in [2.24, 2.45) is 0 Å². The van der Waals surface area contributed by atoms with Crippen LogP contribution < -0.4 is 4.74 Å². The molecule has 0 spiro atoms. The van der Waals surface area contributed by atoms with E-state index in [9.17, 15) is 0 Å². The van der Waals surface area contributed by atoms with E-state index in [1.54, 1.807) is 0 Å². The van der Waals surface area contributed by atoms with Gasteiger partial charge in [0.2, 0.25) is 0 Å². The summed E-state index contributed by atoms with van der Waals surface area (Å²) < 4.78 is 13.7. The van der Waals surface area contributed by atoms with E-state index in [-0.39, 0.29) is 6.29 Å². The number of rotatable bonds is 5. The number of ether oxygens (including phenoxy) is 2. The molecule has 94 valence electrons. The number of hydrogen-bond donors (Lipinski definition) is 0. The zero-order valence-corrected chi connectivity index (χ0v) is 14.3. The fourth-order valence-corrected chi connectivity index (χ4v) is 3.29. The molecule has 1 aliphatic rings. The average molecular weight is 458 g/mol. The van der Waals surface area contributed by atoms with Gasteiger partial charge in [0.25, 0.3) is 0 Å². The molecule has 1 aliphatic carbocycles. The maximum absolute atomic E-state index is 5.79. The summed E-state index contributed by atoms with van der Waals surface area (Å²) in [6.07, 6.45) is 2.49. The minimum atomic E-state index is -0.184. The second-order valence-corrected chi connectivity index (χ2v) is 6.54. The van der Waals surface area contributed by atoms with Crippen molar-refractivity contribution in [3.8, 4) is 5.75 Å². The largest absolute Gasteiger partial charge is 0.464 e. The Balaban J connectivity index is 2.14. The van der Waals surface area contributed by atoms with Crippen molar-refractivity contribution in [1.82, 2.24) is 0 Å². The molecule has 0 aromatic heterocycles. The van der Waals surface area contributed by atoms with Gasteiger partial charge in [-0.25, -0.2) is 0 Å². The molecule has 2 rings (SSSR count). The lowest BCUT2D eigenvalue weighted by Crippen LogP contribution is -2.16. The topological polar surface area (TPSA) is 18.5 Å². The highest BCUT2D eigenvalue weighted by atomic mass is 127. The summed E-state index contributed by atoms with van der Waals surface area (Å²) in [4.78, 5) is 0. The predicted molar refractivity (Wildman–Crippen MR) is 85.6 cm³/mol. The maximum atomic E-state index is 5.79. The zero-order valence-electron chi connectivity index (χ0n) is 10.0. The van der Waals surface area contributed by atoms with Crippen LogP contribution in [-0.4, -0.2) is 12.9 Å². The smallest absolute Gasteiger partial charge is 0.197 e. The monoisotopic (exact) mass is 458 g/mol. The van der Waals surface area contributed by atoms with Crippen LogP contribution in [0.25, 0.3) is 0 Å². The molecule has 1 fully saturated rings. The van der Waals surface area contributed by atoms with Crippen LogP contribution >= 0.6 is 45.2 Å². The van der Waals surface area contributed by atoms with Crippen LogP contribution in [0.3, 0.4) is 0 Å². The number of hydrogen-bond acceptors (Lipinski definition) is 2. The summed E-state index contributed by atoms with van der Waals surface area (Å²) in [5.74, 6) is 1.72. The predicted octanol–water partition coefficient (Wildman–Crippen LogP) is 4.53. The molecule has 0 N–H and O–H groups in total. The van der Waals surface area contributed by atoms with Gasteiger partial charge < -0.3 is 9.47 Å². The first-order chi connectivity index (χ1) is 8.11. The molecule has 0 bridgehead atoms. The Morgan fingerprint density at radius 1 is 1.29 bits per heavy atom. The third-order valence-electron chi connectivity index (χ3n) is 2.76. The molecule has 1 saturated carbocycles. The minimum Gasteiger partial charge on any atom is -0.464 e. The molecule has 4 heteroatoms. The lowest BCUT2D eigenvalue weighted by atomic mass is 10.1. The van der Waals surface area contributed by atoms with Crippen LogP contribution in [0.5, 0.6) is 5.75 Å². The molecule has 0 radical (unpaired) electrons. The van der Waals surface area contributed by atoms with Crippen LogP contribution in [0.2, 0.25) is 0 Å². The lowest BCUT2D eigenvalue weighted by molar-refractivity contribution is -0.0618. The Bertz CT molecular complexity index is 403. The van der Waals surface area contributed by atoms with Gasteiger partial charge in [-0.15, -0.1) is 0 Å². The van der Waals surface area contributed by atoms with Gasteiger partial charge in [0.15, 0.2) is 6.29 Å². The molecular weight excluding hydrogens is 442 g/mol. The SMILES string of the molecule is CCOC(C)Oc1cc(I)c(C2CC2)cc1I. The molecule has 0 aliphatic heterocycles. The molecule has 0 heterocycles. The highest BCUT2D eigenvalue weighted by molar-refractivity contribution is 14.1. The van der Waals surface area contributed by atoms with Crippen LogP contribution in [0.4, 0.5) is 0 Å². The summed E-state index contributed by atoms with van der Waals surface area (Å²) in [5, 5.41) is 0. The second kappa shape index (κ2) is 6.06. The molecular formula is C13H16I2O2. The van der Waals surface area contributed by atoms with Gasteiger partial charge in [-0.1, -0.05) is 0 Å². The first kappa shape index (κ1) is 13.9. The first-order valence-electron chi connectivity index (χ1n) is 5.89. The van der Waals surface area contributed by atoms with Crippen molar-refractivity contribution in [3.63, 3.8) is 0 Å². The van der Waals surface area contributed by atoms with Gasteiger partial charge in [0, 0.05) is 10.2 Å². The third-order valence-corrected chi connectivity index (χ3v) is 4.54. The standard InChI is InChI=1S/C13H16I2O2/c1-3-16-8(2)17-13-7-11(14)10(6-12(13)15)9-4-5-9/h6-9H,3-5H2,1-2H3. The average Bonchev–Trinajstić information content (AvgIpc) is 3.07. The molecule has 2 nitrogen and oxygen atoms in total. The van der Waals surface area contributed by atoms with Crippen LogP contribution in [0.15, 0.2) is 12.1 Å². The van der Waals surface area contributed by atoms with Gasteiger partial charge in [0.1, 0.15) is 5.75 Å². The van der Waals surface area contributed by atoms with Crippen molar-refractivity contribution in [1.29, 1.82) is 0 Å². The van der Waals surface area contributed by atoms with E-state index in [1.165, 1.54) is 25.5 Å². The minimum absolute atomic E-state index is 0.184. The van der Waals surface area contributed by atoms with E-state index in [1.807, 2.05) is 13.8 Å². The van der Waals surface area contributed by atoms with Crippen LogP contribution in [-0.2, 0) is 4.74 Å². The van der Waals surface area contributed by atoms with E-state index < -0.39 is 0 Å². The van der Waals surface area contributed by atoms with Gasteiger partial charge in [-0.2, -0.15) is 0 Å². The van der Waals surface area contributed by atoms with Crippen LogP contribution in [0.1, 0.15) is 38.2 Å². The summed E-state index contributed by atoms with van der Waals surface area (Å²) in [5.41, 5.74) is 1.48. The van der Waals surface area contributed by atoms with Crippen molar-refractivity contribution >= 4 is 45.2 Å². The maximum Gasteiger partial charge on any atom is 0.197 e. The fourth-order valence-electron chi connectivity index (χ4n) is 1.79. The molecule has 1 aromatic rings. The Morgan fingerprint density at radius 3 is 2.59 bits per heavy atom. The van der Waals surface area contributed by atoms with Gasteiger partial charge in [0.05, 0.1) is 3.57 Å². The van der Waals surface area contributed by atoms with Crippen molar-refractivity contribution in [3.05, 3.63) is 24.8 Å². The Labute approximate surface area is 130 Å². The third kappa shape index (κ3) is 3.70. The van der Waals surface area contributed by atoms with Crippen LogP contribution in [0, 0.1) is 7.14 Å². The normalized spacial score (nSPS) is 16.9. The lowest BCUT2D eigenvalue weighted by Gasteiger charge is -2.17. The number of benzene rings is 1. The summed E-state index contributed by atoms with van der Waals surface area (Å²) >= 11 is 4.74. The van der Waals surface area contributed by atoms with Gasteiger partial charge in [-0.05, 0) is 95.5 Å². The van der Waals surface area contributed by atoms with E-state index in [0.717, 1.165) is 11.7 Å². The second-order valence-electron chi connectivity index (χ2n) is 4.22. The summed E-state index contributed by atoms with van der Waals surface area (Å²) in [6.45, 7) is 4.58. The number of halogens is 2. The Kier molecular flexibility index (Phi) is 4.94. The molecule has 17 heavy (non-hydrogen) atoms. The highest BCUT2D eigenvalue weighted by Gasteiger charge is 2.26. The Hall–Kier alpha value is 0.440. The highest BCUT2D eigenvalue weighted by Crippen LogP contribution is 2.44. The van der Waals surface area contributed by atoms with E-state index in [0.29, 0.717) is 6.61 Å². The Morgan fingerprint density at radius 2 is 2.00 bits per heavy atom. The van der Waals surface area contributed by atoms with Crippen molar-refractivity contribution in [2.75, 3.05) is 6.61 Å². The molecule has 1 atom stereocenters. The quantitative estimate of drug-likeness (QED) is 0.477. The first-order valence-corrected chi connectivity index (χ1v) is 8.04. The van der Waals surface area contributed by atoms with Gasteiger partial charge in [-0.3, -0.25) is 0 Å². The zero-order chi connectivity index (χ0) is 12.4. The van der Waals surface area contributed by atoms with Crippen molar-refractivity contribution < 1.29 is 9.47 Å². The molecule has 1 unspecified atom stereocenters. The van der Waals surface area contributed by atoms with E-state index in [2.05, 4.69) is 57.3 Å². The van der Waals surface area contributed by atoms with E-state index >= 15 is 0 Å². The van der Waals surface area contributed by atoms with Gasteiger partial charge >= 0.3 is 0 Å². The molecule has 0 amide bonds. The molecule has 1 aromatic carbocycles. The summed E-state index contributed by atoms with van der Waals surface area (Å²) in [7, 11) is 0. The van der Waals surface area contributed by atoms with E-state index in [4.69, 9.17) is 9.47 Å². The van der Waals surface area contributed by atoms with Crippen molar-refractivity contribution in [2.45, 2.75) is 38.9 Å². The molecule has 0 saturated heterocycles. The fraction of sp³-hybridized carbons (Fsp3) is 0.538. The summed E-state index contributed by atoms with van der Waals surface area (Å²) in [6, 6.07) is 4.39.